The van der Waals surface area contributed by atoms with Gasteiger partial charge in [-0.2, -0.15) is 0 Å². The van der Waals surface area contributed by atoms with Crippen LogP contribution in [0.15, 0.2) is 158 Å². The van der Waals surface area contributed by atoms with Crippen LogP contribution < -0.4 is 24.0 Å². The minimum absolute atomic E-state index is 0.0560. The van der Waals surface area contributed by atoms with Gasteiger partial charge in [0, 0.05) is 54.4 Å². The van der Waals surface area contributed by atoms with Crippen LogP contribution in [0.3, 0.4) is 0 Å². The van der Waals surface area contributed by atoms with Gasteiger partial charge in [-0.3, -0.25) is 18.9 Å². The molecule has 0 radical (unpaired) electrons. The first kappa shape index (κ1) is 45.4. The number of carbonyl (C=O) groups is 6. The van der Waals surface area contributed by atoms with Crippen molar-refractivity contribution in [3.63, 3.8) is 0 Å². The quantitative estimate of drug-likeness (QED) is 0.0512. The Labute approximate surface area is 360 Å². The molecule has 0 aliphatic carbocycles. The molecule has 0 amide bonds. The number of ketones is 2. The van der Waals surface area contributed by atoms with E-state index in [1.165, 1.54) is 0 Å². The summed E-state index contributed by atoms with van der Waals surface area (Å²) in [7, 11) is 7.64. The van der Waals surface area contributed by atoms with Crippen LogP contribution in [0.2, 0.25) is 0 Å². The van der Waals surface area contributed by atoms with Gasteiger partial charge in [-0.25, -0.2) is 9.59 Å². The zero-order valence-electron chi connectivity index (χ0n) is 34.8. The second-order valence-corrected chi connectivity index (χ2v) is 14.7. The lowest BCUT2D eigenvalue weighted by Gasteiger charge is -2.29. The molecule has 0 aromatic heterocycles. The van der Waals surface area contributed by atoms with E-state index >= 15 is 0 Å². The number of cyclic esters (lactones) is 1. The smallest absolute Gasteiger partial charge is 0.343 e. The van der Waals surface area contributed by atoms with E-state index < -0.39 is 17.9 Å². The van der Waals surface area contributed by atoms with Crippen molar-refractivity contribution < 1.29 is 48.1 Å². The first-order chi connectivity index (χ1) is 29.7. The van der Waals surface area contributed by atoms with E-state index in [2.05, 4.69) is 4.74 Å². The Kier molecular flexibility index (Phi) is 15.8. The Bertz CT molecular complexity index is 2460. The fraction of sp³-hybridized carbons (Fsp3) is 0.160. The number of anilines is 1. The molecule has 6 aromatic rings. The normalized spacial score (nSPS) is 11.5. The van der Waals surface area contributed by atoms with Crippen LogP contribution in [-0.4, -0.2) is 76.8 Å². The van der Waals surface area contributed by atoms with Crippen molar-refractivity contribution in [2.75, 3.05) is 46.2 Å². The molecule has 1 aliphatic rings. The molecule has 0 N–H and O–H groups in total. The van der Waals surface area contributed by atoms with Crippen molar-refractivity contribution in [2.24, 2.45) is 0 Å². The molecule has 62 heavy (non-hydrogen) atoms. The van der Waals surface area contributed by atoms with E-state index in [9.17, 15) is 33.9 Å². The lowest BCUT2D eigenvalue weighted by molar-refractivity contribution is -0.305. The molecule has 0 atom stereocenters. The van der Waals surface area contributed by atoms with E-state index in [0.29, 0.717) is 68.9 Å². The number of nitrogens with zero attached hydrogens (tertiary/aromatic N) is 2. The van der Waals surface area contributed by atoms with Crippen molar-refractivity contribution in [1.29, 1.82) is 0 Å². The zero-order valence-corrected chi connectivity index (χ0v) is 34.8. The fourth-order valence-corrected chi connectivity index (χ4v) is 5.78. The van der Waals surface area contributed by atoms with E-state index in [4.69, 9.17) is 9.47 Å². The molecule has 1 aliphatic heterocycles. The van der Waals surface area contributed by atoms with E-state index in [1.54, 1.807) is 121 Å². The maximum absolute atomic E-state index is 12.5. The number of carbonyl (C=O) groups excluding carboxylic acids is 6. The summed E-state index contributed by atoms with van der Waals surface area (Å²) < 4.78 is 15.4. The predicted octanol–water partition coefficient (Wildman–Crippen LogP) is 6.98. The van der Waals surface area contributed by atoms with Gasteiger partial charge in [0.25, 0.3) is 0 Å². The van der Waals surface area contributed by atoms with Crippen LogP contribution in [0.4, 0.5) is 11.4 Å². The Hall–Kier alpha value is -7.70. The van der Waals surface area contributed by atoms with Crippen molar-refractivity contribution in [1.82, 2.24) is 4.48 Å². The monoisotopic (exact) mass is 834 g/mol. The topological polar surface area (TPSA) is 156 Å². The Balaban J connectivity index is 0.000000212. The van der Waals surface area contributed by atoms with Crippen LogP contribution >= 0.6 is 0 Å². The second-order valence-electron chi connectivity index (χ2n) is 14.7. The minimum atomic E-state index is -1.09. The minimum Gasteiger partial charge on any atom is -0.550 e. The Morgan fingerprint density at radius 3 is 1.26 bits per heavy atom. The summed E-state index contributed by atoms with van der Waals surface area (Å²) in [6, 6.07) is 45.0. The molecule has 0 spiro atoms. The highest BCUT2D eigenvalue weighted by Gasteiger charge is 2.20. The van der Waals surface area contributed by atoms with Crippen molar-refractivity contribution in [3.8, 4) is 11.5 Å². The lowest BCUT2D eigenvalue weighted by Crippen LogP contribution is -2.43. The van der Waals surface area contributed by atoms with E-state index in [0.717, 1.165) is 11.4 Å². The summed E-state index contributed by atoms with van der Waals surface area (Å²) in [6.07, 6.45) is 0.569. The lowest BCUT2D eigenvalue weighted by atomic mass is 10.0. The van der Waals surface area contributed by atoms with Gasteiger partial charge in [-0.15, -0.1) is 0 Å². The van der Waals surface area contributed by atoms with Gasteiger partial charge in [-0.1, -0.05) is 60.7 Å². The van der Waals surface area contributed by atoms with Crippen molar-refractivity contribution >= 4 is 46.8 Å². The number of carboxylic acids is 1. The van der Waals surface area contributed by atoms with Crippen LogP contribution in [-0.2, 0) is 14.3 Å². The van der Waals surface area contributed by atoms with E-state index in [1.807, 2.05) is 69.5 Å². The van der Waals surface area contributed by atoms with Gasteiger partial charge in [0.1, 0.15) is 23.8 Å². The molecular weight excluding hydrogens is 789 g/mol. The second kappa shape index (κ2) is 21.5. The first-order valence-corrected chi connectivity index (χ1v) is 19.6. The first-order valence-electron chi connectivity index (χ1n) is 19.6. The largest absolute Gasteiger partial charge is 0.550 e. The van der Waals surface area contributed by atoms with Gasteiger partial charge in [0.2, 0.25) is 0 Å². The summed E-state index contributed by atoms with van der Waals surface area (Å²) >= 11 is 0. The number of carboxylic acid groups (broad SMARTS) is 1. The molecule has 12 nitrogen and oxygen atoms in total. The molecule has 0 bridgehead atoms. The Morgan fingerprint density at radius 1 is 0.565 bits per heavy atom. The highest BCUT2D eigenvalue weighted by molar-refractivity contribution is 6.09. The highest BCUT2D eigenvalue weighted by atomic mass is 16.6. The van der Waals surface area contributed by atoms with Crippen LogP contribution in [0, 0.1) is 0 Å². The third-order valence-corrected chi connectivity index (χ3v) is 9.59. The Morgan fingerprint density at radius 2 is 0.919 bits per heavy atom. The molecule has 316 valence electrons. The maximum atomic E-state index is 12.5. The number of quaternary nitrogens is 1. The summed E-state index contributed by atoms with van der Waals surface area (Å²) in [4.78, 5) is 71.9. The van der Waals surface area contributed by atoms with Crippen molar-refractivity contribution in [2.45, 2.75) is 12.8 Å². The number of esters is 3. The highest BCUT2D eigenvalue weighted by Crippen LogP contribution is 2.23. The third-order valence-electron chi connectivity index (χ3n) is 9.59. The number of benzene rings is 6. The summed E-state index contributed by atoms with van der Waals surface area (Å²) in [6.45, 7) is 1.01. The van der Waals surface area contributed by atoms with Gasteiger partial charge in [-0.05, 0) is 97.1 Å². The average Bonchev–Trinajstić information content (AvgIpc) is 3.28. The molecular formula is C50H46N2O10. The van der Waals surface area contributed by atoms with Crippen LogP contribution in [0.1, 0.15) is 65.4 Å². The van der Waals surface area contributed by atoms with Gasteiger partial charge in [0.05, 0.1) is 38.2 Å². The average molecular weight is 835 g/mol. The van der Waals surface area contributed by atoms with Gasteiger partial charge >= 0.3 is 17.9 Å². The molecule has 0 unspecified atom stereocenters. The predicted molar refractivity (Wildman–Crippen MR) is 233 cm³/mol. The molecule has 12 heteroatoms. The molecule has 1 saturated heterocycles. The van der Waals surface area contributed by atoms with E-state index in [-0.39, 0.29) is 24.0 Å². The number of aliphatic carboxylic acids is 1. The number of hydrogen-bond acceptors (Lipinski definition) is 11. The third kappa shape index (κ3) is 13.2. The summed E-state index contributed by atoms with van der Waals surface area (Å²) in [5, 5.41) is 10.7. The number of hydrogen-bond donors (Lipinski definition) is 0. The summed E-state index contributed by atoms with van der Waals surface area (Å²) in [5.41, 5.74) is 4.98. The van der Waals surface area contributed by atoms with Crippen LogP contribution in [0.25, 0.3) is 0 Å². The van der Waals surface area contributed by atoms with Crippen LogP contribution in [0.5, 0.6) is 11.5 Å². The molecule has 1 fully saturated rings. The zero-order chi connectivity index (χ0) is 44.6. The number of rotatable bonds is 13. The fourth-order valence-electron chi connectivity index (χ4n) is 5.78. The molecule has 7 rings (SSSR count). The molecule has 1 heterocycles. The standard InChI is InChI=1S/C25H23NO5.C22H19NO3.C3H4O2/c1-26(2,17-16-23(27)28)21-12-8-20(9-13-21)25(30)31-22-14-10-19(11-15-22)24(29)18-6-4-3-5-7-18;1-23(2)19-12-8-18(9-13-19)22(25)26-20-14-10-17(11-15-20)21(24)16-6-4-3-5-7-16;4-3-1-2-5-3/h3-15H,16-17H2,1-2H3;3-15H,1-2H3;1-2H2. The molecule has 6 aromatic carbocycles. The SMILES string of the molecule is CN(C)c1ccc(C(=O)Oc2ccc(C(=O)c3ccccc3)cc2)cc1.C[N+](C)(CCC(=O)[O-])c1ccc(C(=O)Oc2ccc(C(=O)c3ccccc3)cc2)cc1.O=C1CCO1. The van der Waals surface area contributed by atoms with Gasteiger partial charge < -0.3 is 29.0 Å². The number of ether oxygens (including phenoxy) is 3. The summed E-state index contributed by atoms with van der Waals surface area (Å²) in [5.74, 6) is -1.55. The van der Waals surface area contributed by atoms with Crippen molar-refractivity contribution in [3.05, 3.63) is 191 Å². The molecule has 0 saturated carbocycles. The maximum Gasteiger partial charge on any atom is 0.343 e. The van der Waals surface area contributed by atoms with Gasteiger partial charge in [0.15, 0.2) is 11.6 Å².